The molecule has 84 valence electrons. The molecule has 0 radical (unpaired) electrons. The van der Waals surface area contributed by atoms with Gasteiger partial charge in [-0.1, -0.05) is 29.8 Å². The van der Waals surface area contributed by atoms with Crippen molar-refractivity contribution in [2.24, 2.45) is 0 Å². The molecule has 0 aromatic heterocycles. The molecule has 1 aliphatic heterocycles. The summed E-state index contributed by atoms with van der Waals surface area (Å²) in [4.78, 5) is 0. The van der Waals surface area contributed by atoms with Crippen molar-refractivity contribution in [2.75, 3.05) is 13.1 Å². The number of β-amino-alcohol motifs (C(OH)–C–C–N with tert-alkyl or cyclic N) is 1. The number of hydrogen-bond acceptors (Lipinski definition) is 2. The summed E-state index contributed by atoms with van der Waals surface area (Å²) in [6.07, 6.45) is 1.91. The highest BCUT2D eigenvalue weighted by Crippen LogP contribution is 2.28. The van der Waals surface area contributed by atoms with Crippen LogP contribution in [0, 0.1) is 6.92 Å². The molecular formula is C12H18ClNO. The van der Waals surface area contributed by atoms with Crippen LogP contribution in [-0.4, -0.2) is 18.2 Å². The lowest BCUT2D eigenvalue weighted by atomic mass is 9.86. The van der Waals surface area contributed by atoms with Gasteiger partial charge in [-0.05, 0) is 31.9 Å². The van der Waals surface area contributed by atoms with Crippen LogP contribution < -0.4 is 5.32 Å². The third-order valence-corrected chi connectivity index (χ3v) is 2.95. The molecule has 1 fully saturated rings. The van der Waals surface area contributed by atoms with Crippen molar-refractivity contribution in [1.82, 2.24) is 5.32 Å². The first-order valence-corrected chi connectivity index (χ1v) is 5.21. The topological polar surface area (TPSA) is 32.3 Å². The van der Waals surface area contributed by atoms with Crippen LogP contribution in [0.4, 0.5) is 0 Å². The molecule has 15 heavy (non-hydrogen) atoms. The Morgan fingerprint density at radius 1 is 1.27 bits per heavy atom. The number of rotatable bonds is 1. The van der Waals surface area contributed by atoms with Crippen molar-refractivity contribution in [1.29, 1.82) is 0 Å². The van der Waals surface area contributed by atoms with E-state index >= 15 is 0 Å². The van der Waals surface area contributed by atoms with E-state index in [2.05, 4.69) is 24.4 Å². The molecule has 0 amide bonds. The zero-order valence-electron chi connectivity index (χ0n) is 8.99. The summed E-state index contributed by atoms with van der Waals surface area (Å²) in [5.41, 5.74) is 1.63. The zero-order chi connectivity index (χ0) is 10.0. The van der Waals surface area contributed by atoms with Crippen molar-refractivity contribution in [2.45, 2.75) is 25.4 Å². The predicted molar refractivity (Wildman–Crippen MR) is 64.4 cm³/mol. The standard InChI is InChI=1S/C12H17NO.ClH/c1-10-3-5-11(6-4-10)12(14)7-2-8-13-9-12;/h3-6,13-14H,2,7-9H2,1H3;1H. The van der Waals surface area contributed by atoms with E-state index in [0.717, 1.165) is 24.9 Å². The molecule has 2 N–H and O–H groups in total. The van der Waals surface area contributed by atoms with Crippen LogP contribution in [0.1, 0.15) is 24.0 Å². The lowest BCUT2D eigenvalue weighted by molar-refractivity contribution is 0.0123. The van der Waals surface area contributed by atoms with Gasteiger partial charge in [-0.3, -0.25) is 0 Å². The summed E-state index contributed by atoms with van der Waals surface area (Å²) in [5, 5.41) is 13.6. The van der Waals surface area contributed by atoms with Gasteiger partial charge in [0.1, 0.15) is 5.60 Å². The van der Waals surface area contributed by atoms with Crippen molar-refractivity contribution >= 4 is 12.4 Å². The lowest BCUT2D eigenvalue weighted by Crippen LogP contribution is -2.43. The average molecular weight is 228 g/mol. The lowest BCUT2D eigenvalue weighted by Gasteiger charge is -2.33. The van der Waals surface area contributed by atoms with E-state index in [1.165, 1.54) is 5.56 Å². The van der Waals surface area contributed by atoms with Crippen LogP contribution in [0.5, 0.6) is 0 Å². The Kier molecular flexibility index (Phi) is 4.14. The molecule has 0 bridgehead atoms. The molecule has 2 nitrogen and oxygen atoms in total. The quantitative estimate of drug-likeness (QED) is 0.769. The number of nitrogens with one attached hydrogen (secondary N) is 1. The smallest absolute Gasteiger partial charge is 0.102 e. The van der Waals surface area contributed by atoms with Gasteiger partial charge >= 0.3 is 0 Å². The van der Waals surface area contributed by atoms with Crippen LogP contribution >= 0.6 is 12.4 Å². The number of halogens is 1. The highest BCUT2D eigenvalue weighted by Gasteiger charge is 2.30. The third-order valence-electron chi connectivity index (χ3n) is 2.95. The Hall–Kier alpha value is -0.570. The number of aliphatic hydroxyl groups is 1. The monoisotopic (exact) mass is 227 g/mol. The maximum Gasteiger partial charge on any atom is 0.102 e. The summed E-state index contributed by atoms with van der Waals surface area (Å²) < 4.78 is 0. The number of aryl methyl sites for hydroxylation is 1. The second-order valence-corrected chi connectivity index (χ2v) is 4.18. The molecule has 1 unspecified atom stereocenters. The minimum atomic E-state index is -0.647. The Morgan fingerprint density at radius 3 is 2.47 bits per heavy atom. The highest BCUT2D eigenvalue weighted by molar-refractivity contribution is 5.85. The minimum absolute atomic E-state index is 0. The fourth-order valence-corrected chi connectivity index (χ4v) is 2.00. The normalized spacial score (nSPS) is 25.7. The van der Waals surface area contributed by atoms with E-state index in [9.17, 15) is 5.11 Å². The zero-order valence-corrected chi connectivity index (χ0v) is 9.81. The fourth-order valence-electron chi connectivity index (χ4n) is 2.00. The van der Waals surface area contributed by atoms with E-state index in [-0.39, 0.29) is 12.4 Å². The van der Waals surface area contributed by atoms with Crippen LogP contribution in [0.3, 0.4) is 0 Å². The fraction of sp³-hybridized carbons (Fsp3) is 0.500. The van der Waals surface area contributed by atoms with E-state index < -0.39 is 5.60 Å². The van der Waals surface area contributed by atoms with Crippen molar-refractivity contribution in [3.8, 4) is 0 Å². The second-order valence-electron chi connectivity index (χ2n) is 4.18. The van der Waals surface area contributed by atoms with Gasteiger partial charge in [-0.25, -0.2) is 0 Å². The predicted octanol–water partition coefficient (Wildman–Crippen LogP) is 1.99. The SMILES string of the molecule is Cc1ccc(C2(O)CCCNC2)cc1.Cl. The molecule has 1 aliphatic rings. The Bertz CT molecular complexity index is 304. The van der Waals surface area contributed by atoms with E-state index in [4.69, 9.17) is 0 Å². The summed E-state index contributed by atoms with van der Waals surface area (Å²) in [6.45, 7) is 3.76. The van der Waals surface area contributed by atoms with E-state index in [1.807, 2.05) is 12.1 Å². The Morgan fingerprint density at radius 2 is 1.93 bits per heavy atom. The van der Waals surface area contributed by atoms with Gasteiger partial charge in [0, 0.05) is 6.54 Å². The molecule has 0 spiro atoms. The van der Waals surface area contributed by atoms with Crippen molar-refractivity contribution in [3.05, 3.63) is 35.4 Å². The molecule has 1 saturated heterocycles. The number of piperidine rings is 1. The van der Waals surface area contributed by atoms with Gasteiger partial charge in [0.2, 0.25) is 0 Å². The molecule has 3 heteroatoms. The van der Waals surface area contributed by atoms with Crippen molar-refractivity contribution < 1.29 is 5.11 Å². The second kappa shape index (κ2) is 4.97. The highest BCUT2D eigenvalue weighted by atomic mass is 35.5. The number of hydrogen-bond donors (Lipinski definition) is 2. The largest absolute Gasteiger partial charge is 0.384 e. The number of benzene rings is 1. The Labute approximate surface area is 97.1 Å². The molecule has 0 aliphatic carbocycles. The van der Waals surface area contributed by atoms with Gasteiger partial charge in [0.25, 0.3) is 0 Å². The summed E-state index contributed by atoms with van der Waals surface area (Å²) in [6, 6.07) is 8.18. The van der Waals surface area contributed by atoms with Gasteiger partial charge in [-0.15, -0.1) is 12.4 Å². The minimum Gasteiger partial charge on any atom is -0.384 e. The first-order valence-electron chi connectivity index (χ1n) is 5.21. The van der Waals surface area contributed by atoms with Crippen LogP contribution in [0.25, 0.3) is 0 Å². The van der Waals surface area contributed by atoms with Gasteiger partial charge in [0.15, 0.2) is 0 Å². The van der Waals surface area contributed by atoms with Crippen LogP contribution in [0.15, 0.2) is 24.3 Å². The summed E-state index contributed by atoms with van der Waals surface area (Å²) >= 11 is 0. The maximum atomic E-state index is 10.4. The third kappa shape index (κ3) is 2.71. The molecule has 1 aromatic rings. The molecule has 1 heterocycles. The molecule has 1 aromatic carbocycles. The molecular weight excluding hydrogens is 210 g/mol. The van der Waals surface area contributed by atoms with Crippen molar-refractivity contribution in [3.63, 3.8) is 0 Å². The van der Waals surface area contributed by atoms with Crippen LogP contribution in [-0.2, 0) is 5.60 Å². The average Bonchev–Trinajstić information content (AvgIpc) is 2.19. The first kappa shape index (κ1) is 12.5. The molecule has 2 rings (SSSR count). The van der Waals surface area contributed by atoms with Crippen LogP contribution in [0.2, 0.25) is 0 Å². The van der Waals surface area contributed by atoms with Gasteiger partial charge in [-0.2, -0.15) is 0 Å². The molecule has 1 atom stereocenters. The molecule has 0 saturated carbocycles. The summed E-state index contributed by atoms with van der Waals surface area (Å²) in [5.74, 6) is 0. The summed E-state index contributed by atoms with van der Waals surface area (Å²) in [7, 11) is 0. The van der Waals surface area contributed by atoms with Gasteiger partial charge in [0.05, 0.1) is 0 Å². The maximum absolute atomic E-state index is 10.4. The first-order chi connectivity index (χ1) is 6.71. The van der Waals surface area contributed by atoms with Gasteiger partial charge < -0.3 is 10.4 Å². The van der Waals surface area contributed by atoms with E-state index in [0.29, 0.717) is 6.54 Å². The van der Waals surface area contributed by atoms with E-state index in [1.54, 1.807) is 0 Å². The Balaban J connectivity index is 0.00000112.